The van der Waals surface area contributed by atoms with Crippen LogP contribution in [0, 0.1) is 0 Å². The highest BCUT2D eigenvalue weighted by atomic mass is 16.7. The summed E-state index contributed by atoms with van der Waals surface area (Å²) in [6, 6.07) is 0. The van der Waals surface area contributed by atoms with E-state index in [0.29, 0.717) is 12.8 Å². The number of aliphatic hydroxyl groups is 7. The second-order valence-corrected chi connectivity index (χ2v) is 19.8. The number of carbonyl (C=O) groups is 2. The molecule has 0 bridgehead atoms. The minimum atomic E-state index is -1.76. The maximum atomic E-state index is 13.0. The van der Waals surface area contributed by atoms with Gasteiger partial charge in [-0.25, -0.2) is 0 Å². The van der Waals surface area contributed by atoms with E-state index in [9.17, 15) is 45.3 Å². The maximum absolute atomic E-state index is 13.0. The lowest BCUT2D eigenvalue weighted by molar-refractivity contribution is -0.332. The number of hydrogen-bond donors (Lipinski definition) is 7. The molecule has 4 unspecified atom stereocenters. The predicted molar refractivity (Wildman–Crippen MR) is 271 cm³/mol. The molecule has 0 aromatic rings. The monoisotopic (exact) mass is 1000 g/mol. The highest BCUT2D eigenvalue weighted by Crippen LogP contribution is 2.27. The van der Waals surface area contributed by atoms with Crippen LogP contribution in [-0.4, -0.2) is 142 Å². The zero-order chi connectivity index (χ0) is 51.0. The lowest BCUT2D eigenvalue weighted by Gasteiger charge is -2.42. The molecule has 0 spiro atoms. The van der Waals surface area contributed by atoms with E-state index in [4.69, 9.17) is 28.4 Å². The second-order valence-electron chi connectivity index (χ2n) is 19.8. The third-order valence-electron chi connectivity index (χ3n) is 13.4. The van der Waals surface area contributed by atoms with Gasteiger partial charge >= 0.3 is 11.9 Å². The van der Waals surface area contributed by atoms with E-state index in [0.717, 1.165) is 57.8 Å². The molecule has 15 heteroatoms. The summed E-state index contributed by atoms with van der Waals surface area (Å²) in [7, 11) is 0. The third-order valence-corrected chi connectivity index (χ3v) is 13.4. The number of aliphatic hydroxyl groups excluding tert-OH is 7. The van der Waals surface area contributed by atoms with Gasteiger partial charge in [-0.2, -0.15) is 0 Å². The van der Waals surface area contributed by atoms with E-state index in [-0.39, 0.29) is 26.1 Å². The smallest absolute Gasteiger partial charge is 0.306 e. The Hall–Kier alpha value is -2.02. The number of unbranched alkanes of at least 4 members (excludes halogenated alkanes) is 26. The standard InChI is InChI=1S/C55H100O15/c1-3-5-7-9-11-13-15-17-18-19-20-21-22-23-24-26-27-29-31-33-35-37-46(57)65-40-43(68-47(58)38-36-34-32-30-28-25-16-14-12-10-8-6-4-2)41-66-54-53(64)51(62)49(60)45(70-54)42-67-55-52(63)50(61)48(59)44(39-56)69-55/h14,16-18,43-45,48-56,59-64H,3-13,15,19-42H2,1-2H3/b16-14+,18-17+/t43-,44+,45+,48-,49-,50?,51?,52?,53?,54+,55+/m0/s1. The van der Waals surface area contributed by atoms with Crippen molar-refractivity contribution in [1.29, 1.82) is 0 Å². The van der Waals surface area contributed by atoms with Gasteiger partial charge in [0.1, 0.15) is 55.4 Å². The summed E-state index contributed by atoms with van der Waals surface area (Å²) in [4.78, 5) is 25.8. The molecule has 2 fully saturated rings. The van der Waals surface area contributed by atoms with Crippen LogP contribution in [0.1, 0.15) is 219 Å². The fraction of sp³-hybridized carbons (Fsp3) is 0.891. The van der Waals surface area contributed by atoms with Crippen molar-refractivity contribution in [2.45, 2.75) is 287 Å². The van der Waals surface area contributed by atoms with E-state index in [2.05, 4.69) is 38.2 Å². The maximum Gasteiger partial charge on any atom is 0.306 e. The van der Waals surface area contributed by atoms with Crippen molar-refractivity contribution in [3.8, 4) is 0 Å². The van der Waals surface area contributed by atoms with Crippen LogP contribution in [0.25, 0.3) is 0 Å². The van der Waals surface area contributed by atoms with Crippen LogP contribution in [-0.2, 0) is 38.0 Å². The largest absolute Gasteiger partial charge is 0.462 e. The van der Waals surface area contributed by atoms with Crippen molar-refractivity contribution in [3.63, 3.8) is 0 Å². The molecule has 2 rings (SSSR count). The van der Waals surface area contributed by atoms with Crippen molar-refractivity contribution in [2.75, 3.05) is 26.4 Å². The summed E-state index contributed by atoms with van der Waals surface area (Å²) >= 11 is 0. The summed E-state index contributed by atoms with van der Waals surface area (Å²) in [6.07, 6.45) is 27.8. The van der Waals surface area contributed by atoms with E-state index in [1.54, 1.807) is 0 Å². The number of hydrogen-bond acceptors (Lipinski definition) is 15. The van der Waals surface area contributed by atoms with Crippen molar-refractivity contribution < 1.29 is 73.8 Å². The van der Waals surface area contributed by atoms with Crippen LogP contribution in [0.5, 0.6) is 0 Å². The zero-order valence-corrected chi connectivity index (χ0v) is 43.5. The quantitative estimate of drug-likeness (QED) is 0.0172. The molecular weight excluding hydrogens is 901 g/mol. The van der Waals surface area contributed by atoms with Crippen molar-refractivity contribution >= 4 is 11.9 Å². The Morgan fingerprint density at radius 2 is 0.814 bits per heavy atom. The topological polar surface area (TPSA) is 231 Å². The minimum absolute atomic E-state index is 0.157. The summed E-state index contributed by atoms with van der Waals surface area (Å²) in [5.41, 5.74) is 0. The molecule has 2 heterocycles. The molecule has 11 atom stereocenters. The Morgan fingerprint density at radius 1 is 0.443 bits per heavy atom. The fourth-order valence-corrected chi connectivity index (χ4v) is 8.80. The molecule has 0 aromatic carbocycles. The molecular formula is C55H100O15. The summed E-state index contributed by atoms with van der Waals surface area (Å²) in [6.45, 7) is 2.58. The van der Waals surface area contributed by atoms with Crippen LogP contribution < -0.4 is 0 Å². The van der Waals surface area contributed by atoms with Gasteiger partial charge in [-0.05, 0) is 64.2 Å². The number of rotatable bonds is 44. The predicted octanol–water partition coefficient (Wildman–Crippen LogP) is 8.72. The van der Waals surface area contributed by atoms with E-state index < -0.39 is 92.7 Å². The summed E-state index contributed by atoms with van der Waals surface area (Å²) in [5, 5.41) is 72.1. The summed E-state index contributed by atoms with van der Waals surface area (Å²) < 4.78 is 33.6. The van der Waals surface area contributed by atoms with Crippen LogP contribution in [0.2, 0.25) is 0 Å². The van der Waals surface area contributed by atoms with Crippen molar-refractivity contribution in [3.05, 3.63) is 24.3 Å². The fourth-order valence-electron chi connectivity index (χ4n) is 8.80. The van der Waals surface area contributed by atoms with Gasteiger partial charge in [0.2, 0.25) is 0 Å². The van der Waals surface area contributed by atoms with Crippen molar-refractivity contribution in [2.24, 2.45) is 0 Å². The van der Waals surface area contributed by atoms with E-state index in [1.165, 1.54) is 122 Å². The Morgan fingerprint density at radius 3 is 1.27 bits per heavy atom. The number of carbonyl (C=O) groups excluding carboxylic acids is 2. The molecule has 2 saturated heterocycles. The lowest BCUT2D eigenvalue weighted by atomic mass is 9.98. The molecule has 0 aliphatic carbocycles. The van der Waals surface area contributed by atoms with Gasteiger partial charge in [0.15, 0.2) is 18.7 Å². The molecule has 7 N–H and O–H groups in total. The first kappa shape index (κ1) is 64.1. The second kappa shape index (κ2) is 42.3. The Balaban J connectivity index is 1.75. The first-order chi connectivity index (χ1) is 34.0. The third kappa shape index (κ3) is 29.6. The van der Waals surface area contributed by atoms with Gasteiger partial charge in [-0.3, -0.25) is 9.59 Å². The molecule has 15 nitrogen and oxygen atoms in total. The van der Waals surface area contributed by atoms with Crippen LogP contribution in [0.4, 0.5) is 0 Å². The molecule has 410 valence electrons. The number of ether oxygens (including phenoxy) is 6. The van der Waals surface area contributed by atoms with Gasteiger partial charge < -0.3 is 64.2 Å². The normalized spacial score (nSPS) is 25.5. The first-order valence-electron chi connectivity index (χ1n) is 27.9. The van der Waals surface area contributed by atoms with Gasteiger partial charge in [0.05, 0.1) is 19.8 Å². The van der Waals surface area contributed by atoms with E-state index in [1.807, 2.05) is 0 Å². The van der Waals surface area contributed by atoms with Gasteiger partial charge in [0.25, 0.3) is 0 Å². The average molecular weight is 1000 g/mol. The van der Waals surface area contributed by atoms with Crippen molar-refractivity contribution in [1.82, 2.24) is 0 Å². The van der Waals surface area contributed by atoms with Gasteiger partial charge in [0, 0.05) is 12.8 Å². The lowest BCUT2D eigenvalue weighted by Crippen LogP contribution is -2.61. The Kier molecular flexibility index (Phi) is 38.8. The zero-order valence-electron chi connectivity index (χ0n) is 43.5. The van der Waals surface area contributed by atoms with E-state index >= 15 is 0 Å². The Bertz CT molecular complexity index is 1310. The van der Waals surface area contributed by atoms with Crippen LogP contribution in [0.15, 0.2) is 24.3 Å². The SMILES string of the molecule is CCCCCC/C=C/CCCCCCCC(=O)O[C@@H](COC(=O)CCCCCCCCCCCCC/C=C/CCCCCCCC)CO[C@@H]1O[C@H](CO[C@@H]2O[C@H](CO)[C@H](O)C(O)C2O)[C@H](O)C(O)C1O. The molecule has 0 radical (unpaired) electrons. The molecule has 2 aliphatic rings. The minimum Gasteiger partial charge on any atom is -0.462 e. The molecule has 70 heavy (non-hydrogen) atoms. The Labute approximate surface area is 422 Å². The highest BCUT2D eigenvalue weighted by molar-refractivity contribution is 5.70. The van der Waals surface area contributed by atoms with Crippen LogP contribution in [0.3, 0.4) is 0 Å². The first-order valence-corrected chi connectivity index (χ1v) is 27.9. The average Bonchev–Trinajstić information content (AvgIpc) is 3.35. The molecule has 0 saturated carbocycles. The van der Waals surface area contributed by atoms with Gasteiger partial charge in [-0.15, -0.1) is 0 Å². The van der Waals surface area contributed by atoms with Gasteiger partial charge in [-0.1, -0.05) is 167 Å². The number of esters is 2. The summed E-state index contributed by atoms with van der Waals surface area (Å²) in [5.74, 6) is -0.928. The molecule has 2 aliphatic heterocycles. The molecule has 0 amide bonds. The molecule has 0 aromatic heterocycles. The highest BCUT2D eigenvalue weighted by Gasteiger charge is 2.47. The number of allylic oxidation sites excluding steroid dienone is 4. The van der Waals surface area contributed by atoms with Crippen LogP contribution >= 0.6 is 0 Å².